The van der Waals surface area contributed by atoms with Crippen molar-refractivity contribution in [3.63, 3.8) is 0 Å². The second-order valence-corrected chi connectivity index (χ2v) is 2.14. The first kappa shape index (κ1) is 9.18. The van der Waals surface area contributed by atoms with Crippen molar-refractivity contribution in [2.24, 2.45) is 0 Å². The van der Waals surface area contributed by atoms with Gasteiger partial charge in [0.15, 0.2) is 5.75 Å². The Morgan fingerprint density at radius 1 is 1.62 bits per heavy atom. The Labute approximate surface area is 75.5 Å². The number of nitrogens with one attached hydrogen (secondary N) is 1. The Hall–Kier alpha value is -1.91. The van der Waals surface area contributed by atoms with Crippen LogP contribution in [0, 0.1) is 0 Å². The molecule has 0 fully saturated rings. The zero-order chi connectivity index (χ0) is 9.68. The lowest BCUT2D eigenvalue weighted by molar-refractivity contribution is -0.111. The van der Waals surface area contributed by atoms with E-state index in [-0.39, 0.29) is 11.9 Å². The highest BCUT2D eigenvalue weighted by molar-refractivity contribution is 5.97. The maximum atomic E-state index is 10.8. The van der Waals surface area contributed by atoms with E-state index in [4.69, 9.17) is 4.74 Å². The summed E-state index contributed by atoms with van der Waals surface area (Å²) in [7, 11) is 1.51. The minimum absolute atomic E-state index is 0.228. The quantitative estimate of drug-likeness (QED) is 0.690. The van der Waals surface area contributed by atoms with E-state index in [0.29, 0.717) is 5.75 Å². The van der Waals surface area contributed by atoms with Crippen molar-refractivity contribution in [1.29, 1.82) is 0 Å². The molecule has 0 aliphatic heterocycles. The van der Waals surface area contributed by atoms with Crippen LogP contribution in [0.5, 0.6) is 5.75 Å². The fourth-order valence-electron chi connectivity index (χ4n) is 0.647. The largest absolute Gasteiger partial charge is 0.494 e. The predicted molar refractivity (Wildman–Crippen MR) is 47.4 cm³/mol. The number of rotatable bonds is 3. The van der Waals surface area contributed by atoms with Crippen LogP contribution in [-0.4, -0.2) is 23.0 Å². The summed E-state index contributed by atoms with van der Waals surface area (Å²) in [4.78, 5) is 18.4. The van der Waals surface area contributed by atoms with Gasteiger partial charge < -0.3 is 4.74 Å². The fourth-order valence-corrected chi connectivity index (χ4v) is 0.647. The van der Waals surface area contributed by atoms with Crippen molar-refractivity contribution in [2.75, 3.05) is 12.4 Å². The molecule has 1 aromatic heterocycles. The van der Waals surface area contributed by atoms with Gasteiger partial charge in [0.05, 0.1) is 19.5 Å². The van der Waals surface area contributed by atoms with Gasteiger partial charge in [0.2, 0.25) is 11.9 Å². The molecule has 0 spiro atoms. The first-order valence-electron chi connectivity index (χ1n) is 3.55. The molecule has 5 heteroatoms. The van der Waals surface area contributed by atoms with Gasteiger partial charge in [-0.15, -0.1) is 0 Å². The lowest BCUT2D eigenvalue weighted by atomic mass is 10.5. The van der Waals surface area contributed by atoms with E-state index in [1.54, 1.807) is 0 Å². The fraction of sp³-hybridized carbons (Fsp3) is 0.125. The van der Waals surface area contributed by atoms with E-state index in [9.17, 15) is 4.79 Å². The van der Waals surface area contributed by atoms with Gasteiger partial charge in [-0.3, -0.25) is 10.1 Å². The highest BCUT2D eigenvalue weighted by atomic mass is 16.5. The van der Waals surface area contributed by atoms with E-state index >= 15 is 0 Å². The summed E-state index contributed by atoms with van der Waals surface area (Å²) in [6.07, 6.45) is 4.07. The number of carbonyl (C=O) groups excluding carboxylic acids is 1. The number of carbonyl (C=O) groups is 1. The summed E-state index contributed by atoms with van der Waals surface area (Å²) >= 11 is 0. The van der Waals surface area contributed by atoms with Crippen molar-refractivity contribution in [1.82, 2.24) is 9.97 Å². The number of nitrogens with zero attached hydrogens (tertiary/aromatic N) is 2. The molecule has 1 aromatic rings. The molecule has 0 bridgehead atoms. The number of ether oxygens (including phenoxy) is 1. The second-order valence-electron chi connectivity index (χ2n) is 2.14. The number of aromatic nitrogens is 2. The molecule has 1 heterocycles. The van der Waals surface area contributed by atoms with Crippen LogP contribution in [0.15, 0.2) is 25.0 Å². The summed E-state index contributed by atoms with van der Waals surface area (Å²) in [5, 5.41) is 2.41. The minimum Gasteiger partial charge on any atom is -0.494 e. The Bertz CT molecular complexity index is 308. The summed E-state index contributed by atoms with van der Waals surface area (Å²) in [5.41, 5.74) is 0. The number of methoxy groups -OCH3 is 1. The summed E-state index contributed by atoms with van der Waals surface area (Å²) < 4.78 is 4.84. The molecule has 0 saturated carbocycles. The normalized spacial score (nSPS) is 9.00. The third kappa shape index (κ3) is 2.55. The lowest BCUT2D eigenvalue weighted by Gasteiger charge is -2.00. The molecular weight excluding hydrogens is 170 g/mol. The van der Waals surface area contributed by atoms with Gasteiger partial charge in [-0.25, -0.2) is 9.97 Å². The van der Waals surface area contributed by atoms with E-state index in [1.165, 1.54) is 19.5 Å². The molecule has 13 heavy (non-hydrogen) atoms. The standard InChI is InChI=1S/C8H9N3O2/c1-3-7(12)11-8-9-4-6(13-2)5-10-8/h3-5H,1H2,2H3,(H,9,10,11,12). The minimum atomic E-state index is -0.342. The summed E-state index contributed by atoms with van der Waals surface area (Å²) in [5.74, 6) is 0.424. The van der Waals surface area contributed by atoms with Gasteiger partial charge in [0.1, 0.15) is 0 Å². The van der Waals surface area contributed by atoms with Crippen LogP contribution >= 0.6 is 0 Å². The Balaban J connectivity index is 2.69. The van der Waals surface area contributed by atoms with E-state index in [1.807, 2.05) is 0 Å². The zero-order valence-corrected chi connectivity index (χ0v) is 7.15. The third-order valence-electron chi connectivity index (χ3n) is 1.28. The molecule has 1 rings (SSSR count). The van der Waals surface area contributed by atoms with Crippen molar-refractivity contribution in [3.8, 4) is 5.75 Å². The van der Waals surface area contributed by atoms with E-state index < -0.39 is 0 Å². The smallest absolute Gasteiger partial charge is 0.250 e. The maximum Gasteiger partial charge on any atom is 0.250 e. The van der Waals surface area contributed by atoms with Crippen LogP contribution in [0.4, 0.5) is 5.95 Å². The molecule has 0 atom stereocenters. The SMILES string of the molecule is C=CC(=O)Nc1ncc(OC)cn1. The van der Waals surface area contributed by atoms with Crippen LogP contribution < -0.4 is 10.1 Å². The average molecular weight is 179 g/mol. The Morgan fingerprint density at radius 2 is 2.23 bits per heavy atom. The molecule has 0 aliphatic rings. The zero-order valence-electron chi connectivity index (χ0n) is 7.15. The predicted octanol–water partition coefficient (Wildman–Crippen LogP) is 0.610. The number of amides is 1. The molecule has 0 radical (unpaired) electrons. The molecule has 5 nitrogen and oxygen atoms in total. The Kier molecular flexibility index (Phi) is 2.97. The van der Waals surface area contributed by atoms with Crippen LogP contribution in [0.2, 0.25) is 0 Å². The first-order chi connectivity index (χ1) is 6.26. The Morgan fingerprint density at radius 3 is 2.69 bits per heavy atom. The van der Waals surface area contributed by atoms with Crippen LogP contribution in [0.1, 0.15) is 0 Å². The van der Waals surface area contributed by atoms with Crippen LogP contribution in [-0.2, 0) is 4.79 Å². The summed E-state index contributed by atoms with van der Waals surface area (Å²) in [6, 6.07) is 0. The topological polar surface area (TPSA) is 64.1 Å². The molecular formula is C8H9N3O2. The first-order valence-corrected chi connectivity index (χ1v) is 3.55. The van der Waals surface area contributed by atoms with Crippen molar-refractivity contribution in [3.05, 3.63) is 25.0 Å². The maximum absolute atomic E-state index is 10.8. The van der Waals surface area contributed by atoms with E-state index in [2.05, 4.69) is 21.9 Å². The number of anilines is 1. The van der Waals surface area contributed by atoms with Crippen molar-refractivity contribution < 1.29 is 9.53 Å². The second kappa shape index (κ2) is 4.20. The molecule has 0 aliphatic carbocycles. The van der Waals surface area contributed by atoms with Crippen molar-refractivity contribution in [2.45, 2.75) is 0 Å². The molecule has 1 N–H and O–H groups in total. The monoisotopic (exact) mass is 179 g/mol. The van der Waals surface area contributed by atoms with Gasteiger partial charge >= 0.3 is 0 Å². The average Bonchev–Trinajstić information content (AvgIpc) is 2.19. The number of hydrogen-bond donors (Lipinski definition) is 1. The van der Waals surface area contributed by atoms with E-state index in [0.717, 1.165) is 6.08 Å². The van der Waals surface area contributed by atoms with Gasteiger partial charge in [-0.1, -0.05) is 6.58 Å². The van der Waals surface area contributed by atoms with Gasteiger partial charge in [0.25, 0.3) is 0 Å². The molecule has 0 saturated heterocycles. The molecule has 68 valence electrons. The number of hydrogen-bond acceptors (Lipinski definition) is 4. The van der Waals surface area contributed by atoms with Crippen LogP contribution in [0.25, 0.3) is 0 Å². The van der Waals surface area contributed by atoms with Gasteiger partial charge in [-0.05, 0) is 6.08 Å². The molecule has 1 amide bonds. The lowest BCUT2D eigenvalue weighted by Crippen LogP contribution is -2.10. The highest BCUT2D eigenvalue weighted by Crippen LogP contribution is 2.06. The van der Waals surface area contributed by atoms with Gasteiger partial charge in [-0.2, -0.15) is 0 Å². The van der Waals surface area contributed by atoms with Crippen molar-refractivity contribution >= 4 is 11.9 Å². The molecule has 0 aromatic carbocycles. The van der Waals surface area contributed by atoms with Crippen LogP contribution in [0.3, 0.4) is 0 Å². The summed E-state index contributed by atoms with van der Waals surface area (Å²) in [6.45, 7) is 3.30. The van der Waals surface area contributed by atoms with Gasteiger partial charge in [0, 0.05) is 0 Å². The molecule has 0 unspecified atom stereocenters. The third-order valence-corrected chi connectivity index (χ3v) is 1.28. The highest BCUT2D eigenvalue weighted by Gasteiger charge is 1.99.